The van der Waals surface area contributed by atoms with Crippen LogP contribution in [0, 0.1) is 6.92 Å². The van der Waals surface area contributed by atoms with Crippen molar-refractivity contribution in [2.45, 2.75) is 25.8 Å². The molecule has 1 aliphatic heterocycles. The average Bonchev–Trinajstić information content (AvgIpc) is 2.95. The highest BCUT2D eigenvalue weighted by atomic mass is 16.3. The molecule has 2 heterocycles. The summed E-state index contributed by atoms with van der Waals surface area (Å²) in [7, 11) is 0. The van der Waals surface area contributed by atoms with E-state index in [0.29, 0.717) is 5.69 Å². The fourth-order valence-electron chi connectivity index (χ4n) is 2.94. The van der Waals surface area contributed by atoms with Crippen molar-refractivity contribution in [1.29, 1.82) is 0 Å². The SMILES string of the molecule is Cc1cc(O)nc(C(=O)N2CCCC2c2ccccc2)c1. The summed E-state index contributed by atoms with van der Waals surface area (Å²) in [5.74, 6) is -0.214. The Kier molecular flexibility index (Phi) is 3.60. The van der Waals surface area contributed by atoms with E-state index >= 15 is 0 Å². The van der Waals surface area contributed by atoms with Gasteiger partial charge in [0.15, 0.2) is 0 Å². The van der Waals surface area contributed by atoms with Gasteiger partial charge in [0.05, 0.1) is 6.04 Å². The molecule has 2 aromatic rings. The summed E-state index contributed by atoms with van der Waals surface area (Å²) in [4.78, 5) is 18.5. The van der Waals surface area contributed by atoms with Gasteiger partial charge in [-0.05, 0) is 37.0 Å². The van der Waals surface area contributed by atoms with Crippen LogP contribution in [0.2, 0.25) is 0 Å². The number of benzene rings is 1. The maximum Gasteiger partial charge on any atom is 0.273 e. The molecule has 108 valence electrons. The summed E-state index contributed by atoms with van der Waals surface area (Å²) in [6.07, 6.45) is 1.96. The van der Waals surface area contributed by atoms with Gasteiger partial charge in [-0.3, -0.25) is 4.79 Å². The molecule has 1 atom stereocenters. The van der Waals surface area contributed by atoms with Gasteiger partial charge in [-0.2, -0.15) is 0 Å². The first-order chi connectivity index (χ1) is 10.1. The van der Waals surface area contributed by atoms with Gasteiger partial charge in [-0.25, -0.2) is 4.98 Å². The van der Waals surface area contributed by atoms with Crippen LogP contribution in [0.5, 0.6) is 5.88 Å². The maximum atomic E-state index is 12.7. The van der Waals surface area contributed by atoms with Crippen molar-refractivity contribution in [2.75, 3.05) is 6.54 Å². The molecule has 4 nitrogen and oxygen atoms in total. The third-order valence-electron chi connectivity index (χ3n) is 3.87. The molecule has 0 saturated carbocycles. The lowest BCUT2D eigenvalue weighted by molar-refractivity contribution is 0.0728. The first-order valence-corrected chi connectivity index (χ1v) is 7.19. The summed E-state index contributed by atoms with van der Waals surface area (Å²) in [5.41, 5.74) is 2.30. The van der Waals surface area contributed by atoms with Gasteiger partial charge in [0.2, 0.25) is 5.88 Å². The third kappa shape index (κ3) is 2.75. The smallest absolute Gasteiger partial charge is 0.273 e. The van der Waals surface area contributed by atoms with E-state index < -0.39 is 0 Å². The number of amides is 1. The molecule has 3 rings (SSSR count). The molecular formula is C17H18N2O2. The number of rotatable bonds is 2. The van der Waals surface area contributed by atoms with Crippen molar-refractivity contribution in [1.82, 2.24) is 9.88 Å². The van der Waals surface area contributed by atoms with Crippen LogP contribution in [0.4, 0.5) is 0 Å². The van der Waals surface area contributed by atoms with Crippen LogP contribution in [0.25, 0.3) is 0 Å². The molecule has 1 aromatic carbocycles. The summed E-state index contributed by atoms with van der Waals surface area (Å²) < 4.78 is 0. The monoisotopic (exact) mass is 282 g/mol. The van der Waals surface area contributed by atoms with Crippen LogP contribution in [0.3, 0.4) is 0 Å². The molecule has 1 unspecified atom stereocenters. The average molecular weight is 282 g/mol. The number of aromatic nitrogens is 1. The van der Waals surface area contributed by atoms with E-state index in [1.807, 2.05) is 30.0 Å². The van der Waals surface area contributed by atoms with Crippen LogP contribution in [0.1, 0.15) is 40.5 Å². The fourth-order valence-corrected chi connectivity index (χ4v) is 2.94. The zero-order valence-corrected chi connectivity index (χ0v) is 12.0. The second kappa shape index (κ2) is 5.56. The topological polar surface area (TPSA) is 53.4 Å². The van der Waals surface area contributed by atoms with E-state index in [9.17, 15) is 9.90 Å². The Morgan fingerprint density at radius 3 is 2.76 bits per heavy atom. The van der Waals surface area contributed by atoms with Crippen molar-refractivity contribution in [3.8, 4) is 5.88 Å². The van der Waals surface area contributed by atoms with Crippen LogP contribution >= 0.6 is 0 Å². The van der Waals surface area contributed by atoms with Crippen LogP contribution in [-0.2, 0) is 0 Å². The first kappa shape index (κ1) is 13.6. The number of aryl methyl sites for hydroxylation is 1. The summed E-state index contributed by atoms with van der Waals surface area (Å²) in [6.45, 7) is 2.58. The number of carbonyl (C=O) groups excluding carboxylic acids is 1. The predicted molar refractivity (Wildman–Crippen MR) is 80.1 cm³/mol. The molecule has 4 heteroatoms. The lowest BCUT2D eigenvalue weighted by atomic mass is 10.0. The van der Waals surface area contributed by atoms with Gasteiger partial charge < -0.3 is 10.0 Å². The van der Waals surface area contributed by atoms with Gasteiger partial charge in [0, 0.05) is 12.6 Å². The highest BCUT2D eigenvalue weighted by Crippen LogP contribution is 2.32. The van der Waals surface area contributed by atoms with Crippen LogP contribution < -0.4 is 0 Å². The second-order valence-corrected chi connectivity index (χ2v) is 5.46. The lowest BCUT2D eigenvalue weighted by Gasteiger charge is -2.25. The van der Waals surface area contributed by atoms with Gasteiger partial charge in [0.25, 0.3) is 5.91 Å². The molecular weight excluding hydrogens is 264 g/mol. The number of aromatic hydroxyl groups is 1. The zero-order chi connectivity index (χ0) is 14.8. The number of nitrogens with zero attached hydrogens (tertiary/aromatic N) is 2. The Morgan fingerprint density at radius 2 is 2.05 bits per heavy atom. The maximum absolute atomic E-state index is 12.7. The molecule has 1 amide bonds. The van der Waals surface area contributed by atoms with Gasteiger partial charge >= 0.3 is 0 Å². The highest BCUT2D eigenvalue weighted by Gasteiger charge is 2.31. The first-order valence-electron chi connectivity index (χ1n) is 7.19. The van der Waals surface area contributed by atoms with E-state index in [-0.39, 0.29) is 17.8 Å². The van der Waals surface area contributed by atoms with Gasteiger partial charge in [0.1, 0.15) is 5.69 Å². The number of carbonyl (C=O) groups is 1. The minimum atomic E-state index is -0.111. The van der Waals surface area contributed by atoms with Gasteiger partial charge in [-0.15, -0.1) is 0 Å². The third-order valence-corrected chi connectivity index (χ3v) is 3.87. The Labute approximate surface area is 124 Å². The van der Waals surface area contributed by atoms with E-state index in [1.54, 1.807) is 12.1 Å². The molecule has 0 aliphatic carbocycles. The molecule has 1 aromatic heterocycles. The number of pyridine rings is 1. The van der Waals surface area contributed by atoms with Crippen LogP contribution in [0.15, 0.2) is 42.5 Å². The predicted octanol–water partition coefficient (Wildman–Crippen LogP) is 3.07. The summed E-state index contributed by atoms with van der Waals surface area (Å²) in [5, 5.41) is 9.59. The van der Waals surface area contributed by atoms with E-state index in [1.165, 1.54) is 0 Å². The Morgan fingerprint density at radius 1 is 1.29 bits per heavy atom. The van der Waals surface area contributed by atoms with E-state index in [0.717, 1.165) is 30.5 Å². The quantitative estimate of drug-likeness (QED) is 0.921. The minimum absolute atomic E-state index is 0.100. The van der Waals surface area contributed by atoms with Crippen molar-refractivity contribution in [3.05, 3.63) is 59.3 Å². The number of likely N-dealkylation sites (tertiary alicyclic amines) is 1. The normalized spacial score (nSPS) is 18.0. The molecule has 0 spiro atoms. The van der Waals surface area contributed by atoms with Gasteiger partial charge in [-0.1, -0.05) is 30.3 Å². The summed E-state index contributed by atoms with van der Waals surface area (Å²) in [6, 6.07) is 13.4. The van der Waals surface area contributed by atoms with Crippen molar-refractivity contribution in [2.24, 2.45) is 0 Å². The zero-order valence-electron chi connectivity index (χ0n) is 12.0. The Balaban J connectivity index is 1.90. The molecule has 0 radical (unpaired) electrons. The second-order valence-electron chi connectivity index (χ2n) is 5.46. The summed E-state index contributed by atoms with van der Waals surface area (Å²) >= 11 is 0. The molecule has 1 saturated heterocycles. The molecule has 1 aliphatic rings. The molecule has 21 heavy (non-hydrogen) atoms. The van der Waals surface area contributed by atoms with E-state index in [2.05, 4.69) is 17.1 Å². The highest BCUT2D eigenvalue weighted by molar-refractivity contribution is 5.93. The minimum Gasteiger partial charge on any atom is -0.493 e. The van der Waals surface area contributed by atoms with Crippen molar-refractivity contribution >= 4 is 5.91 Å². The standard InChI is InChI=1S/C17H18N2O2/c1-12-10-14(18-16(20)11-12)17(21)19-9-5-8-15(19)13-6-3-2-4-7-13/h2-4,6-7,10-11,15H,5,8-9H2,1H3,(H,18,20). The fraction of sp³-hybridized carbons (Fsp3) is 0.294. The largest absolute Gasteiger partial charge is 0.493 e. The Bertz CT molecular complexity index is 635. The van der Waals surface area contributed by atoms with Crippen LogP contribution in [-0.4, -0.2) is 27.4 Å². The molecule has 1 N–H and O–H groups in total. The molecule has 1 fully saturated rings. The van der Waals surface area contributed by atoms with Crippen molar-refractivity contribution < 1.29 is 9.90 Å². The molecule has 0 bridgehead atoms. The van der Waals surface area contributed by atoms with E-state index in [4.69, 9.17) is 0 Å². The number of hydrogen-bond acceptors (Lipinski definition) is 3. The number of hydrogen-bond donors (Lipinski definition) is 1. The lowest BCUT2D eigenvalue weighted by Crippen LogP contribution is -2.31. The Hall–Kier alpha value is -2.36. The van der Waals surface area contributed by atoms with Crippen molar-refractivity contribution in [3.63, 3.8) is 0 Å².